The Bertz CT molecular complexity index is 287. The molecular weight excluding hydrogens is 239 g/mol. The zero-order valence-corrected chi connectivity index (χ0v) is 9.58. The Morgan fingerprint density at radius 2 is 1.69 bits per heavy atom. The molecule has 0 spiro atoms. The van der Waals surface area contributed by atoms with Crippen molar-refractivity contribution in [3.8, 4) is 0 Å². The topological polar surface area (TPSA) is 207 Å². The standard InChI is InChI=1S/C5H14N6.H3O4P/c1-2-3(6)10-5(9)11-4(7)8;1-5(2,3)4/h3H,2,6H2,1H3,(H6,7,8,9,10,11);(H3,1,2,3,4). The summed E-state index contributed by atoms with van der Waals surface area (Å²) in [6.07, 6.45) is 0.360. The van der Waals surface area contributed by atoms with Crippen molar-refractivity contribution in [1.29, 1.82) is 0 Å². The fraction of sp³-hybridized carbons (Fsp3) is 0.600. The van der Waals surface area contributed by atoms with E-state index in [2.05, 4.69) is 9.98 Å². The van der Waals surface area contributed by atoms with Crippen molar-refractivity contribution in [2.24, 2.45) is 32.9 Å². The van der Waals surface area contributed by atoms with Crippen molar-refractivity contribution < 1.29 is 19.2 Å². The molecule has 1 unspecified atom stereocenters. The van der Waals surface area contributed by atoms with Crippen LogP contribution in [-0.4, -0.2) is 32.8 Å². The van der Waals surface area contributed by atoms with E-state index in [-0.39, 0.29) is 18.1 Å². The van der Waals surface area contributed by atoms with Crippen LogP contribution in [0.1, 0.15) is 13.3 Å². The van der Waals surface area contributed by atoms with Gasteiger partial charge in [-0.15, -0.1) is 0 Å². The van der Waals surface area contributed by atoms with Crippen molar-refractivity contribution >= 4 is 19.7 Å². The van der Waals surface area contributed by atoms with Crippen LogP contribution in [0.2, 0.25) is 0 Å². The molecule has 0 bridgehead atoms. The Labute approximate surface area is 92.3 Å². The van der Waals surface area contributed by atoms with E-state index in [1.165, 1.54) is 0 Å². The number of hydrogen-bond donors (Lipinski definition) is 7. The lowest BCUT2D eigenvalue weighted by molar-refractivity contribution is 0.275. The third kappa shape index (κ3) is 23.0. The van der Waals surface area contributed by atoms with E-state index in [1.54, 1.807) is 0 Å². The van der Waals surface area contributed by atoms with Crippen molar-refractivity contribution in [1.82, 2.24) is 0 Å². The molecule has 0 amide bonds. The maximum absolute atomic E-state index is 8.88. The molecule has 10 nitrogen and oxygen atoms in total. The van der Waals surface area contributed by atoms with Crippen LogP contribution >= 0.6 is 7.82 Å². The molecule has 11 N–H and O–H groups in total. The highest BCUT2D eigenvalue weighted by Gasteiger charge is 2.00. The van der Waals surface area contributed by atoms with E-state index in [0.717, 1.165) is 0 Å². The van der Waals surface area contributed by atoms with Crippen molar-refractivity contribution in [3.05, 3.63) is 0 Å². The van der Waals surface area contributed by atoms with Gasteiger partial charge in [-0.1, -0.05) is 6.92 Å². The van der Waals surface area contributed by atoms with Gasteiger partial charge in [0.1, 0.15) is 6.17 Å². The normalized spacial score (nSPS) is 13.4. The summed E-state index contributed by atoms with van der Waals surface area (Å²) in [6, 6.07) is 0. The monoisotopic (exact) mass is 256 g/mol. The summed E-state index contributed by atoms with van der Waals surface area (Å²) in [5.74, 6) is -0.103. The molecule has 0 saturated carbocycles. The summed E-state index contributed by atoms with van der Waals surface area (Å²) in [5, 5.41) is 0. The third-order valence-electron chi connectivity index (χ3n) is 0.960. The molecule has 0 rings (SSSR count). The minimum atomic E-state index is -4.64. The fourth-order valence-electron chi connectivity index (χ4n) is 0.422. The third-order valence-corrected chi connectivity index (χ3v) is 0.960. The Balaban J connectivity index is 0. The lowest BCUT2D eigenvalue weighted by Crippen LogP contribution is -2.28. The van der Waals surface area contributed by atoms with Gasteiger partial charge < -0.3 is 37.6 Å². The van der Waals surface area contributed by atoms with Crippen LogP contribution in [0, 0.1) is 0 Å². The predicted molar refractivity (Wildman–Crippen MR) is 60.0 cm³/mol. The first-order valence-corrected chi connectivity index (χ1v) is 5.59. The molecule has 0 aliphatic heterocycles. The molecule has 96 valence electrons. The molecule has 0 aliphatic carbocycles. The van der Waals surface area contributed by atoms with E-state index in [0.29, 0.717) is 6.42 Å². The lowest BCUT2D eigenvalue weighted by Gasteiger charge is -2.01. The average molecular weight is 256 g/mol. The highest BCUT2D eigenvalue weighted by molar-refractivity contribution is 7.45. The number of nitrogens with zero attached hydrogens (tertiary/aromatic N) is 2. The summed E-state index contributed by atoms with van der Waals surface area (Å²) in [4.78, 5) is 28.8. The number of rotatable bonds is 2. The summed E-state index contributed by atoms with van der Waals surface area (Å²) < 4.78 is 8.88. The second kappa shape index (κ2) is 8.02. The van der Waals surface area contributed by atoms with Gasteiger partial charge in [0, 0.05) is 0 Å². The largest absolute Gasteiger partial charge is 0.466 e. The van der Waals surface area contributed by atoms with Gasteiger partial charge in [-0.05, 0) is 6.42 Å². The number of guanidine groups is 2. The van der Waals surface area contributed by atoms with E-state index >= 15 is 0 Å². The molecule has 11 heteroatoms. The summed E-state index contributed by atoms with van der Waals surface area (Å²) in [7, 11) is -4.64. The van der Waals surface area contributed by atoms with Gasteiger partial charge >= 0.3 is 7.82 Å². The predicted octanol–water partition coefficient (Wildman–Crippen LogP) is -2.66. The van der Waals surface area contributed by atoms with Gasteiger partial charge in [-0.2, -0.15) is 4.99 Å². The average Bonchev–Trinajstić information content (AvgIpc) is 1.98. The minimum Gasteiger partial charge on any atom is -0.370 e. The Kier molecular flexibility index (Phi) is 8.63. The Hall–Kier alpha value is -1.19. The quantitative estimate of drug-likeness (QED) is 0.157. The summed E-state index contributed by atoms with van der Waals surface area (Å²) in [6.45, 7) is 1.89. The number of aliphatic imine (C=N–C) groups is 2. The van der Waals surface area contributed by atoms with Crippen LogP contribution in [0.5, 0.6) is 0 Å². The van der Waals surface area contributed by atoms with Crippen LogP contribution in [-0.2, 0) is 4.57 Å². The van der Waals surface area contributed by atoms with Gasteiger partial charge in [0.05, 0.1) is 0 Å². The van der Waals surface area contributed by atoms with Crippen LogP contribution in [0.4, 0.5) is 0 Å². The highest BCUT2D eigenvalue weighted by Crippen LogP contribution is 2.25. The van der Waals surface area contributed by atoms with Gasteiger partial charge in [0.25, 0.3) is 0 Å². The first kappa shape index (κ1) is 17.2. The molecule has 0 saturated heterocycles. The number of phosphoric acid groups is 1. The molecular formula is C5H17N6O4P. The van der Waals surface area contributed by atoms with E-state index < -0.39 is 7.82 Å². The van der Waals surface area contributed by atoms with Gasteiger partial charge in [-0.25, -0.2) is 9.56 Å². The summed E-state index contributed by atoms with van der Waals surface area (Å²) in [5.41, 5.74) is 20.8. The number of hydrogen-bond acceptors (Lipinski definition) is 3. The minimum absolute atomic E-state index is 0.0133. The molecule has 0 aromatic rings. The lowest BCUT2D eigenvalue weighted by atomic mass is 10.4. The smallest absolute Gasteiger partial charge is 0.370 e. The van der Waals surface area contributed by atoms with Crippen molar-refractivity contribution in [2.45, 2.75) is 19.5 Å². The van der Waals surface area contributed by atoms with E-state index in [4.69, 9.17) is 42.2 Å². The Morgan fingerprint density at radius 3 is 1.94 bits per heavy atom. The fourth-order valence-corrected chi connectivity index (χ4v) is 0.422. The zero-order valence-electron chi connectivity index (χ0n) is 8.69. The first-order chi connectivity index (χ1) is 7.06. The maximum Gasteiger partial charge on any atom is 0.466 e. The SMILES string of the molecule is CCC(N)N=C(N)N=C(N)N.O=P(O)(O)O. The van der Waals surface area contributed by atoms with Gasteiger partial charge in [0.2, 0.25) is 5.96 Å². The summed E-state index contributed by atoms with van der Waals surface area (Å²) >= 11 is 0. The van der Waals surface area contributed by atoms with Crippen molar-refractivity contribution in [3.63, 3.8) is 0 Å². The van der Waals surface area contributed by atoms with E-state index in [9.17, 15) is 0 Å². The van der Waals surface area contributed by atoms with Crippen LogP contribution in [0.15, 0.2) is 9.98 Å². The van der Waals surface area contributed by atoms with Gasteiger partial charge in [0.15, 0.2) is 5.96 Å². The zero-order chi connectivity index (χ0) is 13.4. The maximum atomic E-state index is 8.88. The van der Waals surface area contributed by atoms with Crippen LogP contribution in [0.25, 0.3) is 0 Å². The Morgan fingerprint density at radius 1 is 1.31 bits per heavy atom. The molecule has 0 aromatic carbocycles. The molecule has 0 fully saturated rings. The van der Waals surface area contributed by atoms with Crippen LogP contribution in [0.3, 0.4) is 0 Å². The highest BCUT2D eigenvalue weighted by atomic mass is 31.2. The second-order valence-corrected chi connectivity index (χ2v) is 3.54. The molecule has 0 heterocycles. The second-order valence-electron chi connectivity index (χ2n) is 2.51. The molecule has 0 aromatic heterocycles. The van der Waals surface area contributed by atoms with E-state index in [1.807, 2.05) is 6.92 Å². The molecule has 0 radical (unpaired) electrons. The van der Waals surface area contributed by atoms with Crippen molar-refractivity contribution in [2.75, 3.05) is 0 Å². The molecule has 16 heavy (non-hydrogen) atoms. The van der Waals surface area contributed by atoms with Crippen LogP contribution < -0.4 is 22.9 Å². The first-order valence-electron chi connectivity index (χ1n) is 4.03. The molecule has 1 atom stereocenters. The number of nitrogens with two attached hydrogens (primary N) is 4. The van der Waals surface area contributed by atoms with Gasteiger partial charge in [-0.3, -0.25) is 0 Å². The molecule has 0 aliphatic rings.